The molecule has 2 aromatic rings. The topological polar surface area (TPSA) is 59.9 Å². The van der Waals surface area contributed by atoms with Crippen molar-refractivity contribution in [3.05, 3.63) is 57.0 Å². The van der Waals surface area contributed by atoms with Gasteiger partial charge in [0.15, 0.2) is 0 Å². The van der Waals surface area contributed by atoms with Crippen molar-refractivity contribution in [3.8, 4) is 11.5 Å². The predicted molar refractivity (Wildman–Crippen MR) is 107 cm³/mol. The standard InChI is InChI=1S/C19H20BrClN2O3/c1-12(2)26-18-7-4-13(8-16(18)20)11-22-23-19(24)10-14-9-15(25-3)5-6-17(14)21/h4-9,11-12H,10H2,1-3H3,(H,23,24)/b22-11+. The van der Waals surface area contributed by atoms with Crippen LogP contribution in [0, 0.1) is 0 Å². The zero-order chi connectivity index (χ0) is 19.1. The average Bonchev–Trinajstić information content (AvgIpc) is 2.59. The van der Waals surface area contributed by atoms with Gasteiger partial charge < -0.3 is 9.47 Å². The molecule has 0 aliphatic carbocycles. The number of benzene rings is 2. The fraction of sp³-hybridized carbons (Fsp3) is 0.263. The molecular weight excluding hydrogens is 420 g/mol. The third kappa shape index (κ3) is 6.04. The first kappa shape index (κ1) is 20.3. The van der Waals surface area contributed by atoms with E-state index in [1.54, 1.807) is 31.5 Å². The first-order valence-electron chi connectivity index (χ1n) is 7.99. The van der Waals surface area contributed by atoms with Gasteiger partial charge in [-0.15, -0.1) is 0 Å². The Balaban J connectivity index is 1.96. The zero-order valence-electron chi connectivity index (χ0n) is 14.8. The van der Waals surface area contributed by atoms with E-state index in [9.17, 15) is 4.79 Å². The minimum absolute atomic E-state index is 0.0912. The normalized spacial score (nSPS) is 11.0. The van der Waals surface area contributed by atoms with Gasteiger partial charge in [-0.05, 0) is 77.3 Å². The van der Waals surface area contributed by atoms with E-state index < -0.39 is 0 Å². The Morgan fingerprint density at radius 2 is 2.08 bits per heavy atom. The molecule has 0 saturated heterocycles. The Morgan fingerprint density at radius 3 is 2.73 bits per heavy atom. The molecule has 0 aliphatic heterocycles. The van der Waals surface area contributed by atoms with Gasteiger partial charge in [-0.25, -0.2) is 5.43 Å². The molecule has 1 amide bonds. The van der Waals surface area contributed by atoms with E-state index in [0.29, 0.717) is 16.3 Å². The van der Waals surface area contributed by atoms with Crippen LogP contribution in [0.1, 0.15) is 25.0 Å². The van der Waals surface area contributed by atoms with Crippen molar-refractivity contribution >= 4 is 39.7 Å². The number of nitrogens with zero attached hydrogens (tertiary/aromatic N) is 1. The van der Waals surface area contributed by atoms with Crippen LogP contribution in [0.25, 0.3) is 0 Å². The van der Waals surface area contributed by atoms with Crippen LogP contribution < -0.4 is 14.9 Å². The molecule has 0 heterocycles. The number of carbonyl (C=O) groups is 1. The lowest BCUT2D eigenvalue weighted by Gasteiger charge is -2.11. The van der Waals surface area contributed by atoms with Gasteiger partial charge >= 0.3 is 0 Å². The Hall–Kier alpha value is -2.05. The van der Waals surface area contributed by atoms with E-state index in [0.717, 1.165) is 15.8 Å². The quantitative estimate of drug-likeness (QED) is 0.507. The molecule has 2 aromatic carbocycles. The molecule has 0 aromatic heterocycles. The summed E-state index contributed by atoms with van der Waals surface area (Å²) in [6.07, 6.45) is 1.77. The molecule has 0 bridgehead atoms. The van der Waals surface area contributed by atoms with E-state index in [-0.39, 0.29) is 18.4 Å². The fourth-order valence-electron chi connectivity index (χ4n) is 2.15. The third-order valence-electron chi connectivity index (χ3n) is 3.33. The van der Waals surface area contributed by atoms with Crippen LogP contribution in [-0.2, 0) is 11.2 Å². The van der Waals surface area contributed by atoms with Crippen LogP contribution in [0.3, 0.4) is 0 Å². The van der Waals surface area contributed by atoms with Gasteiger partial charge in [0, 0.05) is 5.02 Å². The summed E-state index contributed by atoms with van der Waals surface area (Å²) < 4.78 is 11.6. The second-order valence-electron chi connectivity index (χ2n) is 5.78. The van der Waals surface area contributed by atoms with E-state index in [2.05, 4.69) is 26.5 Å². The van der Waals surface area contributed by atoms with Crippen LogP contribution in [0.5, 0.6) is 11.5 Å². The van der Waals surface area contributed by atoms with Crippen molar-refractivity contribution in [3.63, 3.8) is 0 Å². The highest BCUT2D eigenvalue weighted by Crippen LogP contribution is 2.26. The first-order chi connectivity index (χ1) is 12.4. The maximum atomic E-state index is 12.0. The number of carbonyl (C=O) groups excluding carboxylic acids is 1. The van der Waals surface area contributed by atoms with Crippen molar-refractivity contribution in [1.29, 1.82) is 0 Å². The minimum Gasteiger partial charge on any atom is -0.497 e. The van der Waals surface area contributed by atoms with Gasteiger partial charge in [0.25, 0.3) is 0 Å². The molecule has 2 rings (SSSR count). The summed E-state index contributed by atoms with van der Waals surface area (Å²) in [5, 5.41) is 4.49. The molecular formula is C19H20BrClN2O3. The van der Waals surface area contributed by atoms with E-state index in [1.807, 2.05) is 32.0 Å². The summed E-state index contributed by atoms with van der Waals surface area (Å²) in [4.78, 5) is 12.0. The highest BCUT2D eigenvalue weighted by molar-refractivity contribution is 9.10. The van der Waals surface area contributed by atoms with Crippen molar-refractivity contribution in [2.45, 2.75) is 26.4 Å². The Kier molecular flexibility index (Phi) is 7.48. The second kappa shape index (κ2) is 9.59. The highest BCUT2D eigenvalue weighted by Gasteiger charge is 2.08. The molecule has 0 fully saturated rings. The molecule has 0 unspecified atom stereocenters. The minimum atomic E-state index is -0.268. The molecule has 0 aliphatic rings. The molecule has 0 spiro atoms. The summed E-state index contributed by atoms with van der Waals surface area (Å²) in [5.41, 5.74) is 4.00. The maximum Gasteiger partial charge on any atom is 0.244 e. The molecule has 0 atom stereocenters. The monoisotopic (exact) mass is 438 g/mol. The molecule has 7 heteroatoms. The number of hydrazone groups is 1. The number of halogens is 2. The smallest absolute Gasteiger partial charge is 0.244 e. The molecule has 0 radical (unpaired) electrons. The lowest BCUT2D eigenvalue weighted by Crippen LogP contribution is -2.20. The van der Waals surface area contributed by atoms with Gasteiger partial charge in [-0.3, -0.25) is 4.79 Å². The molecule has 26 heavy (non-hydrogen) atoms. The number of rotatable bonds is 7. The predicted octanol–water partition coefficient (Wildman–Crippen LogP) is 4.59. The lowest BCUT2D eigenvalue weighted by molar-refractivity contribution is -0.120. The van der Waals surface area contributed by atoms with Crippen molar-refractivity contribution in [2.24, 2.45) is 5.10 Å². The fourth-order valence-corrected chi connectivity index (χ4v) is 2.83. The summed E-state index contributed by atoms with van der Waals surface area (Å²) in [6, 6.07) is 10.7. The lowest BCUT2D eigenvalue weighted by atomic mass is 10.1. The molecule has 1 N–H and O–H groups in total. The van der Waals surface area contributed by atoms with Gasteiger partial charge in [0.1, 0.15) is 11.5 Å². The summed E-state index contributed by atoms with van der Waals surface area (Å²) in [7, 11) is 1.56. The first-order valence-corrected chi connectivity index (χ1v) is 9.16. The number of hydrogen-bond donors (Lipinski definition) is 1. The van der Waals surface area contributed by atoms with E-state index in [1.165, 1.54) is 0 Å². The number of ether oxygens (including phenoxy) is 2. The Morgan fingerprint density at radius 1 is 1.31 bits per heavy atom. The second-order valence-corrected chi connectivity index (χ2v) is 7.05. The van der Waals surface area contributed by atoms with Gasteiger partial charge in [0.2, 0.25) is 5.91 Å². The van der Waals surface area contributed by atoms with Crippen molar-refractivity contribution in [2.75, 3.05) is 7.11 Å². The average molecular weight is 440 g/mol. The van der Waals surface area contributed by atoms with Crippen LogP contribution in [0.2, 0.25) is 5.02 Å². The number of amides is 1. The maximum absolute atomic E-state index is 12.0. The largest absolute Gasteiger partial charge is 0.497 e. The summed E-state index contributed by atoms with van der Waals surface area (Å²) in [6.45, 7) is 3.93. The summed E-state index contributed by atoms with van der Waals surface area (Å²) in [5.74, 6) is 1.14. The Labute approximate surface area is 166 Å². The summed E-state index contributed by atoms with van der Waals surface area (Å²) >= 11 is 9.57. The van der Waals surface area contributed by atoms with Crippen LogP contribution >= 0.6 is 27.5 Å². The van der Waals surface area contributed by atoms with Gasteiger partial charge in [-0.2, -0.15) is 5.10 Å². The highest BCUT2D eigenvalue weighted by atomic mass is 79.9. The van der Waals surface area contributed by atoms with E-state index in [4.69, 9.17) is 21.1 Å². The number of nitrogens with one attached hydrogen (secondary N) is 1. The SMILES string of the molecule is COc1ccc(Cl)c(CC(=O)N/N=C/c2ccc(OC(C)C)c(Br)c2)c1. The van der Waals surface area contributed by atoms with Crippen molar-refractivity contribution < 1.29 is 14.3 Å². The van der Waals surface area contributed by atoms with Crippen LogP contribution in [0.4, 0.5) is 0 Å². The van der Waals surface area contributed by atoms with Crippen molar-refractivity contribution in [1.82, 2.24) is 5.43 Å². The third-order valence-corrected chi connectivity index (χ3v) is 4.31. The molecule has 0 saturated carbocycles. The van der Waals surface area contributed by atoms with Crippen LogP contribution in [-0.4, -0.2) is 25.3 Å². The number of hydrogen-bond acceptors (Lipinski definition) is 4. The van der Waals surface area contributed by atoms with Crippen LogP contribution in [0.15, 0.2) is 46.0 Å². The van der Waals surface area contributed by atoms with Gasteiger partial charge in [-0.1, -0.05) is 11.6 Å². The zero-order valence-corrected chi connectivity index (χ0v) is 17.1. The Bertz CT molecular complexity index is 809. The number of methoxy groups -OCH3 is 1. The van der Waals surface area contributed by atoms with Gasteiger partial charge in [0.05, 0.1) is 30.3 Å². The van der Waals surface area contributed by atoms with E-state index >= 15 is 0 Å². The molecule has 5 nitrogen and oxygen atoms in total. The molecule has 138 valence electrons.